The van der Waals surface area contributed by atoms with Gasteiger partial charge in [0.05, 0.1) is 0 Å². The van der Waals surface area contributed by atoms with Gasteiger partial charge in [-0.15, -0.1) is 13.2 Å². The van der Waals surface area contributed by atoms with Crippen LogP contribution in [0.3, 0.4) is 0 Å². The van der Waals surface area contributed by atoms with Crippen LogP contribution in [0.1, 0.15) is 74.0 Å². The lowest BCUT2D eigenvalue weighted by Gasteiger charge is -2.76. The summed E-state index contributed by atoms with van der Waals surface area (Å²) in [5.74, 6) is 3.41. The van der Waals surface area contributed by atoms with Crippen molar-refractivity contribution in [3.05, 3.63) is 41.5 Å². The Kier molecular flexibility index (Phi) is 4.20. The van der Waals surface area contributed by atoms with Gasteiger partial charge >= 0.3 is 12.4 Å². The number of hydrogen-bond acceptors (Lipinski definition) is 4. The van der Waals surface area contributed by atoms with Crippen LogP contribution in [-0.2, 0) is 5.41 Å². The van der Waals surface area contributed by atoms with Gasteiger partial charge in [-0.2, -0.15) is 5.10 Å². The molecule has 7 fully saturated rings. The van der Waals surface area contributed by atoms with E-state index >= 15 is 0 Å². The van der Waals surface area contributed by atoms with Crippen LogP contribution in [0.15, 0.2) is 24.3 Å². The number of carbonyl (C=O) groups excluding carboxylic acids is 1. The zero-order valence-electron chi connectivity index (χ0n) is 20.6. The molecule has 5 aliphatic carbocycles. The fourth-order valence-electron chi connectivity index (χ4n) is 8.17. The van der Waals surface area contributed by atoms with E-state index in [9.17, 15) is 18.0 Å². The number of aromatic nitrogens is 3. The molecule has 10 heteroatoms. The van der Waals surface area contributed by atoms with Crippen molar-refractivity contribution in [3.63, 3.8) is 0 Å². The predicted octanol–water partition coefficient (Wildman–Crippen LogP) is 4.93. The molecule has 7 aliphatic rings. The number of alkyl halides is 3. The number of ether oxygens (including phenoxy) is 1. The van der Waals surface area contributed by atoms with Crippen LogP contribution >= 0.6 is 0 Å². The Morgan fingerprint density at radius 3 is 2.30 bits per heavy atom. The SMILES string of the molecule is O=C(N1CC(C23CC(c4ccc(OC(F)(F)F)cc4)(C2)C3)C1)N1CC2(CC(c3n[nH]c(C4CC4)n3)C2)C1. The highest BCUT2D eigenvalue weighted by molar-refractivity contribution is 5.76. The summed E-state index contributed by atoms with van der Waals surface area (Å²) in [4.78, 5) is 21.7. The molecular weight excluding hydrogens is 483 g/mol. The molecule has 2 amide bonds. The molecule has 196 valence electrons. The molecule has 5 saturated carbocycles. The number of nitrogens with zero attached hydrogens (tertiary/aromatic N) is 4. The normalized spacial score (nSPS) is 32.2. The molecule has 2 saturated heterocycles. The molecule has 0 radical (unpaired) electrons. The van der Waals surface area contributed by atoms with Crippen LogP contribution in [0.5, 0.6) is 5.75 Å². The van der Waals surface area contributed by atoms with E-state index in [4.69, 9.17) is 4.98 Å². The molecule has 1 aromatic heterocycles. The summed E-state index contributed by atoms with van der Waals surface area (Å²) < 4.78 is 41.2. The number of halogens is 3. The topological polar surface area (TPSA) is 74.3 Å². The second-order valence-corrected chi connectivity index (χ2v) is 12.9. The number of likely N-dealkylation sites (tertiary alicyclic amines) is 2. The maximum Gasteiger partial charge on any atom is 0.573 e. The third-order valence-corrected chi connectivity index (χ3v) is 10.3. The van der Waals surface area contributed by atoms with Crippen molar-refractivity contribution in [2.45, 2.75) is 68.6 Å². The van der Waals surface area contributed by atoms with E-state index in [1.807, 2.05) is 9.80 Å². The lowest BCUT2D eigenvalue weighted by molar-refractivity contribution is -0.274. The molecule has 7 nitrogen and oxygen atoms in total. The Bertz CT molecular complexity index is 1230. The number of H-pyrrole nitrogens is 1. The van der Waals surface area contributed by atoms with Crippen LogP contribution in [0.2, 0.25) is 0 Å². The van der Waals surface area contributed by atoms with Gasteiger partial charge in [-0.3, -0.25) is 5.10 Å². The first-order valence-electron chi connectivity index (χ1n) is 13.5. The van der Waals surface area contributed by atoms with Crippen LogP contribution < -0.4 is 4.74 Å². The van der Waals surface area contributed by atoms with Crippen LogP contribution in [0, 0.1) is 16.7 Å². The van der Waals surface area contributed by atoms with Gasteiger partial charge in [-0.1, -0.05) is 12.1 Å². The zero-order valence-corrected chi connectivity index (χ0v) is 20.6. The van der Waals surface area contributed by atoms with E-state index in [2.05, 4.69) is 14.9 Å². The third kappa shape index (κ3) is 3.36. The van der Waals surface area contributed by atoms with Crippen LogP contribution in [-0.4, -0.2) is 63.6 Å². The maximum absolute atomic E-state index is 13.0. The smallest absolute Gasteiger partial charge is 0.406 e. The minimum Gasteiger partial charge on any atom is -0.406 e. The molecular formula is C27H30F3N5O2. The lowest BCUT2D eigenvalue weighted by Crippen LogP contribution is -2.74. The molecule has 9 rings (SSSR count). The molecule has 1 aromatic carbocycles. The van der Waals surface area contributed by atoms with Gasteiger partial charge in [0.15, 0.2) is 5.82 Å². The Morgan fingerprint density at radius 1 is 1.00 bits per heavy atom. The van der Waals surface area contributed by atoms with Crippen molar-refractivity contribution < 1.29 is 22.7 Å². The lowest BCUT2D eigenvalue weighted by atomic mass is 9.30. The Morgan fingerprint density at radius 2 is 1.68 bits per heavy atom. The van der Waals surface area contributed by atoms with Gasteiger partial charge in [-0.25, -0.2) is 9.78 Å². The summed E-state index contributed by atoms with van der Waals surface area (Å²) >= 11 is 0. The van der Waals surface area contributed by atoms with Gasteiger partial charge in [-0.05, 0) is 79.4 Å². The van der Waals surface area contributed by atoms with Crippen molar-refractivity contribution in [2.75, 3.05) is 26.2 Å². The van der Waals surface area contributed by atoms with Crippen molar-refractivity contribution in [1.29, 1.82) is 0 Å². The highest BCUT2D eigenvalue weighted by Gasteiger charge is 2.72. The third-order valence-electron chi connectivity index (χ3n) is 10.3. The van der Waals surface area contributed by atoms with Crippen molar-refractivity contribution >= 4 is 6.03 Å². The molecule has 3 heterocycles. The zero-order chi connectivity index (χ0) is 25.2. The molecule has 2 bridgehead atoms. The number of carbonyl (C=O) groups is 1. The van der Waals surface area contributed by atoms with E-state index < -0.39 is 6.36 Å². The number of rotatable bonds is 5. The number of urea groups is 1. The number of aromatic amines is 1. The average Bonchev–Trinajstić information content (AvgIpc) is 3.43. The van der Waals surface area contributed by atoms with E-state index in [0.29, 0.717) is 23.2 Å². The first kappa shape index (κ1) is 22.2. The van der Waals surface area contributed by atoms with Gasteiger partial charge in [0.25, 0.3) is 0 Å². The van der Waals surface area contributed by atoms with Crippen molar-refractivity contribution in [3.8, 4) is 5.75 Å². The van der Waals surface area contributed by atoms with Crippen molar-refractivity contribution in [2.24, 2.45) is 16.7 Å². The van der Waals surface area contributed by atoms with E-state index in [1.165, 1.54) is 25.0 Å². The highest BCUT2D eigenvalue weighted by atomic mass is 19.4. The van der Waals surface area contributed by atoms with Crippen LogP contribution in [0.25, 0.3) is 0 Å². The first-order chi connectivity index (χ1) is 17.6. The second kappa shape index (κ2) is 6.99. The molecule has 2 aromatic rings. The van der Waals surface area contributed by atoms with Gasteiger partial charge in [0.1, 0.15) is 11.6 Å². The predicted molar refractivity (Wildman–Crippen MR) is 126 cm³/mol. The molecule has 2 aliphatic heterocycles. The molecule has 37 heavy (non-hydrogen) atoms. The standard InChI is InChI=1S/C27H30F3N5O2/c28-27(29,30)37-20-5-3-18(4-6-20)25-11-26(12-25,13-25)19-9-34(10-19)23(36)35-14-24(15-35)7-17(8-24)22-31-21(32-33-22)16-1-2-16/h3-6,16-17,19H,1-2,7-15H2,(H,31,32,33). The summed E-state index contributed by atoms with van der Waals surface area (Å²) in [6.45, 7) is 3.37. The Labute approximate surface area is 212 Å². The van der Waals surface area contributed by atoms with Crippen LogP contribution in [0.4, 0.5) is 18.0 Å². The minimum atomic E-state index is -4.66. The molecule has 0 unspecified atom stereocenters. The number of nitrogens with one attached hydrogen (secondary N) is 1. The van der Waals surface area contributed by atoms with E-state index in [0.717, 1.165) is 75.5 Å². The Hall–Kier alpha value is -2.78. The minimum absolute atomic E-state index is 0.106. The van der Waals surface area contributed by atoms with Gasteiger partial charge < -0.3 is 14.5 Å². The van der Waals surface area contributed by atoms with E-state index in [-0.39, 0.29) is 22.6 Å². The van der Waals surface area contributed by atoms with Gasteiger partial charge in [0.2, 0.25) is 0 Å². The fourth-order valence-corrected chi connectivity index (χ4v) is 8.17. The maximum atomic E-state index is 13.0. The summed E-state index contributed by atoms with van der Waals surface area (Å²) in [5.41, 5.74) is 1.79. The average molecular weight is 514 g/mol. The summed E-state index contributed by atoms with van der Waals surface area (Å²) in [6.07, 6.45) is 3.16. The summed E-state index contributed by atoms with van der Waals surface area (Å²) in [7, 11) is 0. The van der Waals surface area contributed by atoms with Crippen molar-refractivity contribution in [1.82, 2.24) is 25.0 Å². The largest absolute Gasteiger partial charge is 0.573 e. The molecule has 1 N–H and O–H groups in total. The fraction of sp³-hybridized carbons (Fsp3) is 0.667. The first-order valence-corrected chi connectivity index (χ1v) is 13.5. The quantitative estimate of drug-likeness (QED) is 0.615. The second-order valence-electron chi connectivity index (χ2n) is 12.9. The summed E-state index contributed by atoms with van der Waals surface area (Å²) in [5, 5.41) is 7.56. The highest BCUT2D eigenvalue weighted by Crippen LogP contribution is 2.77. The molecule has 0 atom stereocenters. The number of benzene rings is 1. The number of amides is 2. The summed E-state index contributed by atoms with van der Waals surface area (Å²) in [6, 6.07) is 6.57. The van der Waals surface area contributed by atoms with E-state index in [1.54, 1.807) is 12.1 Å². The van der Waals surface area contributed by atoms with Gasteiger partial charge in [0, 0.05) is 43.4 Å². The monoisotopic (exact) mass is 513 g/mol. The molecule has 1 spiro atoms. The number of hydrogen-bond donors (Lipinski definition) is 1. The Balaban J connectivity index is 0.793.